The Bertz CT molecular complexity index is 1000. The lowest BCUT2D eigenvalue weighted by Gasteiger charge is -2.32. The summed E-state index contributed by atoms with van der Waals surface area (Å²) in [5.74, 6) is 1.73. The van der Waals surface area contributed by atoms with Gasteiger partial charge in [-0.25, -0.2) is 0 Å². The number of methoxy groups -OCH3 is 1. The molecule has 0 spiro atoms. The van der Waals surface area contributed by atoms with E-state index in [0.29, 0.717) is 4.71 Å². The largest absolute Gasteiger partial charge is 0.497 e. The third kappa shape index (κ3) is 3.02. The fraction of sp³-hybridized carbons (Fsp3) is 0.286. The number of hydrogen-bond donors (Lipinski definition) is 0. The third-order valence-electron chi connectivity index (χ3n) is 4.71. The highest BCUT2D eigenvalue weighted by atomic mass is 32.1. The highest BCUT2D eigenvalue weighted by Crippen LogP contribution is 2.39. The first kappa shape index (κ1) is 16.2. The minimum Gasteiger partial charge on any atom is -0.497 e. The standard InChI is InChI=1S/C21H20O3S/c1-21(2)9-8-14-10-17-16(13-4-6-15(22-3)7-5-13)11-20(25)23-19(17)12-18(14)24-21/h4-7,10-12H,8-9H2,1-3H3. The lowest BCUT2D eigenvalue weighted by atomic mass is 9.92. The van der Waals surface area contributed by atoms with Crippen LogP contribution in [-0.2, 0) is 6.42 Å². The van der Waals surface area contributed by atoms with Gasteiger partial charge in [0.2, 0.25) is 0 Å². The second-order valence-corrected chi connectivity index (χ2v) is 7.43. The van der Waals surface area contributed by atoms with E-state index in [4.69, 9.17) is 26.1 Å². The maximum absolute atomic E-state index is 6.13. The monoisotopic (exact) mass is 352 g/mol. The molecule has 0 saturated carbocycles. The molecule has 3 aromatic rings. The van der Waals surface area contributed by atoms with Crippen molar-refractivity contribution in [2.24, 2.45) is 0 Å². The van der Waals surface area contributed by atoms with Crippen LogP contribution in [0.4, 0.5) is 0 Å². The molecule has 0 unspecified atom stereocenters. The van der Waals surface area contributed by atoms with Crippen LogP contribution < -0.4 is 9.47 Å². The van der Waals surface area contributed by atoms with Crippen molar-refractivity contribution >= 4 is 23.2 Å². The Morgan fingerprint density at radius 2 is 1.84 bits per heavy atom. The van der Waals surface area contributed by atoms with Gasteiger partial charge in [-0.15, -0.1) is 0 Å². The molecule has 0 fully saturated rings. The van der Waals surface area contributed by atoms with Crippen LogP contribution in [0, 0.1) is 4.71 Å². The van der Waals surface area contributed by atoms with Crippen molar-refractivity contribution in [1.29, 1.82) is 0 Å². The molecule has 0 saturated heterocycles. The van der Waals surface area contributed by atoms with Crippen molar-refractivity contribution in [3.05, 3.63) is 52.7 Å². The first-order chi connectivity index (χ1) is 11.9. The van der Waals surface area contributed by atoms with Gasteiger partial charge in [-0.3, -0.25) is 0 Å². The van der Waals surface area contributed by atoms with E-state index in [1.807, 2.05) is 36.4 Å². The Labute approximate surface area is 152 Å². The minimum atomic E-state index is -0.148. The molecule has 2 aromatic carbocycles. The first-order valence-corrected chi connectivity index (χ1v) is 8.80. The highest BCUT2D eigenvalue weighted by Gasteiger charge is 2.27. The lowest BCUT2D eigenvalue weighted by molar-refractivity contribution is 0.0848. The molecule has 25 heavy (non-hydrogen) atoms. The van der Waals surface area contributed by atoms with Crippen LogP contribution in [0.3, 0.4) is 0 Å². The van der Waals surface area contributed by atoms with Gasteiger partial charge in [0.25, 0.3) is 0 Å². The summed E-state index contributed by atoms with van der Waals surface area (Å²) >= 11 is 5.34. The van der Waals surface area contributed by atoms with E-state index in [-0.39, 0.29) is 5.60 Å². The van der Waals surface area contributed by atoms with Crippen molar-refractivity contribution in [3.8, 4) is 22.6 Å². The molecular weight excluding hydrogens is 332 g/mol. The number of ether oxygens (including phenoxy) is 2. The number of hydrogen-bond acceptors (Lipinski definition) is 4. The minimum absolute atomic E-state index is 0.148. The smallest absolute Gasteiger partial charge is 0.191 e. The van der Waals surface area contributed by atoms with Crippen molar-refractivity contribution < 1.29 is 13.9 Å². The van der Waals surface area contributed by atoms with Gasteiger partial charge >= 0.3 is 0 Å². The van der Waals surface area contributed by atoms with Gasteiger partial charge in [-0.1, -0.05) is 12.1 Å². The molecule has 128 valence electrons. The van der Waals surface area contributed by atoms with E-state index in [1.54, 1.807) is 7.11 Å². The molecule has 0 bridgehead atoms. The summed E-state index contributed by atoms with van der Waals surface area (Å²) < 4.78 is 17.7. The second-order valence-electron chi connectivity index (χ2n) is 7.03. The van der Waals surface area contributed by atoms with E-state index in [0.717, 1.165) is 46.4 Å². The zero-order valence-corrected chi connectivity index (χ0v) is 15.4. The highest BCUT2D eigenvalue weighted by molar-refractivity contribution is 7.71. The Balaban J connectivity index is 1.91. The first-order valence-electron chi connectivity index (χ1n) is 8.39. The van der Waals surface area contributed by atoms with Crippen LogP contribution in [0.25, 0.3) is 22.1 Å². The van der Waals surface area contributed by atoms with E-state index >= 15 is 0 Å². The lowest BCUT2D eigenvalue weighted by Crippen LogP contribution is -2.32. The molecular formula is C21H20O3S. The Morgan fingerprint density at radius 3 is 2.56 bits per heavy atom. The van der Waals surface area contributed by atoms with Crippen LogP contribution in [0.1, 0.15) is 25.8 Å². The molecule has 2 heterocycles. The van der Waals surface area contributed by atoms with Crippen molar-refractivity contribution in [1.82, 2.24) is 0 Å². The summed E-state index contributed by atoms with van der Waals surface area (Å²) in [7, 11) is 1.67. The Morgan fingerprint density at radius 1 is 1.08 bits per heavy atom. The number of aryl methyl sites for hydroxylation is 1. The summed E-state index contributed by atoms with van der Waals surface area (Å²) in [6, 6.07) is 14.1. The van der Waals surface area contributed by atoms with Gasteiger partial charge in [-0.05, 0) is 73.8 Å². The molecule has 0 N–H and O–H groups in total. The molecule has 4 heteroatoms. The van der Waals surface area contributed by atoms with Crippen molar-refractivity contribution in [2.45, 2.75) is 32.3 Å². The van der Waals surface area contributed by atoms with Crippen LogP contribution >= 0.6 is 12.2 Å². The SMILES string of the molecule is COc1ccc(-c2cc(=S)oc3cc4c(cc23)CCC(C)(C)O4)cc1. The number of rotatable bonds is 2. The molecule has 0 radical (unpaired) electrons. The predicted molar refractivity (Wildman–Crippen MR) is 102 cm³/mol. The zero-order valence-electron chi connectivity index (χ0n) is 14.6. The average molecular weight is 352 g/mol. The van der Waals surface area contributed by atoms with Crippen LogP contribution in [-0.4, -0.2) is 12.7 Å². The van der Waals surface area contributed by atoms with E-state index < -0.39 is 0 Å². The van der Waals surface area contributed by atoms with Crippen LogP contribution in [0.2, 0.25) is 0 Å². The summed E-state index contributed by atoms with van der Waals surface area (Å²) in [5, 5.41) is 1.06. The Hall–Kier alpha value is -2.33. The van der Waals surface area contributed by atoms with E-state index in [9.17, 15) is 0 Å². The average Bonchev–Trinajstić information content (AvgIpc) is 2.59. The van der Waals surface area contributed by atoms with Gasteiger partial charge in [0, 0.05) is 17.5 Å². The summed E-state index contributed by atoms with van der Waals surface area (Å²) in [5.41, 5.74) is 3.99. The Kier molecular flexibility index (Phi) is 3.80. The zero-order chi connectivity index (χ0) is 17.6. The fourth-order valence-electron chi connectivity index (χ4n) is 3.32. The quantitative estimate of drug-likeness (QED) is 0.534. The van der Waals surface area contributed by atoms with E-state index in [2.05, 4.69) is 19.9 Å². The summed E-state index contributed by atoms with van der Waals surface area (Å²) in [6.07, 6.45) is 2.00. The molecule has 4 rings (SSSR count). The summed E-state index contributed by atoms with van der Waals surface area (Å²) in [6.45, 7) is 4.23. The van der Waals surface area contributed by atoms with Gasteiger partial charge in [0.1, 0.15) is 22.7 Å². The fourth-order valence-corrected chi connectivity index (χ4v) is 3.53. The molecule has 3 nitrogen and oxygen atoms in total. The predicted octanol–water partition coefficient (Wildman–Crippen LogP) is 5.94. The molecule has 0 atom stereocenters. The normalized spacial score (nSPS) is 15.5. The van der Waals surface area contributed by atoms with Crippen molar-refractivity contribution in [3.63, 3.8) is 0 Å². The van der Waals surface area contributed by atoms with Crippen molar-refractivity contribution in [2.75, 3.05) is 7.11 Å². The summed E-state index contributed by atoms with van der Waals surface area (Å²) in [4.78, 5) is 0. The third-order valence-corrected chi connectivity index (χ3v) is 4.91. The second kappa shape index (κ2) is 5.88. The maximum atomic E-state index is 6.13. The molecule has 1 aliphatic rings. The van der Waals surface area contributed by atoms with Crippen LogP contribution in [0.15, 0.2) is 46.9 Å². The van der Waals surface area contributed by atoms with E-state index in [1.165, 1.54) is 5.56 Å². The molecule has 1 aromatic heterocycles. The molecule has 0 amide bonds. The molecule has 1 aliphatic heterocycles. The number of benzene rings is 2. The van der Waals surface area contributed by atoms with Gasteiger partial charge in [-0.2, -0.15) is 0 Å². The topological polar surface area (TPSA) is 31.6 Å². The van der Waals surface area contributed by atoms with Crippen LogP contribution in [0.5, 0.6) is 11.5 Å². The molecule has 0 aliphatic carbocycles. The maximum Gasteiger partial charge on any atom is 0.191 e. The van der Waals surface area contributed by atoms with Gasteiger partial charge in [0.15, 0.2) is 4.71 Å². The number of fused-ring (bicyclic) bond motifs is 2. The van der Waals surface area contributed by atoms with Gasteiger partial charge < -0.3 is 13.9 Å². The van der Waals surface area contributed by atoms with Gasteiger partial charge in [0.05, 0.1) is 7.11 Å².